The second kappa shape index (κ2) is 3.52. The molecule has 1 saturated heterocycles. The largest absolute Gasteiger partial charge is 0.387 e. The minimum Gasteiger partial charge on any atom is -0.387 e. The Morgan fingerprint density at radius 2 is 2.27 bits per heavy atom. The predicted molar refractivity (Wildman–Crippen MR) is 45.6 cm³/mol. The molecule has 0 amide bonds. The Hall–Kier alpha value is -0.120. The Morgan fingerprint density at radius 3 is 2.73 bits per heavy atom. The van der Waals surface area contributed by atoms with Gasteiger partial charge in [0.1, 0.15) is 0 Å². The van der Waals surface area contributed by atoms with Crippen LogP contribution in [0.15, 0.2) is 0 Å². The van der Waals surface area contributed by atoms with Crippen LogP contribution in [0.2, 0.25) is 0 Å². The molecule has 0 saturated carbocycles. The minimum absolute atomic E-state index is 0.484. The van der Waals surface area contributed by atoms with Gasteiger partial charge in [0.15, 0.2) is 0 Å². The number of β-amino-alcohol motifs (C(OH)–C–C–N with tert-alkyl or cyclic N) is 1. The summed E-state index contributed by atoms with van der Waals surface area (Å²) in [5.41, 5.74) is -0.484. The Kier molecular flexibility index (Phi) is 2.87. The maximum atomic E-state index is 9.94. The molecule has 0 aliphatic carbocycles. The van der Waals surface area contributed by atoms with Gasteiger partial charge in [0.25, 0.3) is 0 Å². The number of hydrogen-bond donors (Lipinski definition) is 2. The molecule has 11 heavy (non-hydrogen) atoms. The molecule has 0 aromatic rings. The first-order chi connectivity index (χ1) is 5.12. The van der Waals surface area contributed by atoms with Crippen LogP contribution in [0.4, 0.5) is 0 Å². The summed E-state index contributed by atoms with van der Waals surface area (Å²) in [6.07, 6.45) is 2.02. The molecule has 0 radical (unpaired) electrons. The van der Waals surface area contributed by atoms with Crippen LogP contribution in [0, 0.1) is 0 Å². The number of hydrogen-bond acceptors (Lipinski definition) is 3. The highest BCUT2D eigenvalue weighted by Crippen LogP contribution is 2.15. The van der Waals surface area contributed by atoms with Crippen LogP contribution < -0.4 is 5.32 Å². The fraction of sp³-hybridized carbons (Fsp3) is 1.00. The summed E-state index contributed by atoms with van der Waals surface area (Å²) < 4.78 is 0. The lowest BCUT2D eigenvalue weighted by Crippen LogP contribution is -2.51. The van der Waals surface area contributed by atoms with Crippen molar-refractivity contribution in [2.45, 2.75) is 18.4 Å². The quantitative estimate of drug-likeness (QED) is 0.577. The Morgan fingerprint density at radius 1 is 1.55 bits per heavy atom. The van der Waals surface area contributed by atoms with Gasteiger partial charge in [0, 0.05) is 13.1 Å². The first-order valence-electron chi connectivity index (χ1n) is 4.20. The number of nitrogens with one attached hydrogen (secondary N) is 1. The molecule has 0 aromatic carbocycles. The Bertz CT molecular complexity index is 119. The van der Waals surface area contributed by atoms with Crippen molar-refractivity contribution in [3.05, 3.63) is 0 Å². The first kappa shape index (κ1) is 8.97. The van der Waals surface area contributed by atoms with Gasteiger partial charge in [-0.3, -0.25) is 0 Å². The van der Waals surface area contributed by atoms with Crippen molar-refractivity contribution in [3.63, 3.8) is 0 Å². The monoisotopic (exact) mass is 158 g/mol. The summed E-state index contributed by atoms with van der Waals surface area (Å²) in [7, 11) is 3.99. The summed E-state index contributed by atoms with van der Waals surface area (Å²) >= 11 is 0. The molecule has 2 N–H and O–H groups in total. The smallest absolute Gasteiger partial charge is 0.0897 e. The topological polar surface area (TPSA) is 35.5 Å². The number of likely N-dealkylation sites (N-methyl/N-ethyl adjacent to an activating group) is 1. The normalized spacial score (nSPS) is 32.7. The van der Waals surface area contributed by atoms with Gasteiger partial charge in [-0.1, -0.05) is 0 Å². The van der Waals surface area contributed by atoms with E-state index in [1.807, 2.05) is 19.0 Å². The lowest BCUT2D eigenvalue weighted by atomic mass is 9.94. The zero-order chi connectivity index (χ0) is 8.32. The van der Waals surface area contributed by atoms with Crippen LogP contribution in [0.3, 0.4) is 0 Å². The van der Waals surface area contributed by atoms with E-state index in [9.17, 15) is 5.11 Å². The molecule has 66 valence electrons. The molecule has 1 fully saturated rings. The second-order valence-electron chi connectivity index (χ2n) is 3.74. The van der Waals surface area contributed by atoms with E-state index in [2.05, 4.69) is 5.32 Å². The van der Waals surface area contributed by atoms with Crippen molar-refractivity contribution in [2.75, 3.05) is 33.7 Å². The molecule has 0 aromatic heterocycles. The molecule has 1 heterocycles. The molecular weight excluding hydrogens is 140 g/mol. The van der Waals surface area contributed by atoms with Crippen LogP contribution in [-0.4, -0.2) is 49.3 Å². The number of rotatable bonds is 2. The third-order valence-corrected chi connectivity index (χ3v) is 2.06. The van der Waals surface area contributed by atoms with E-state index >= 15 is 0 Å². The molecule has 0 spiro atoms. The van der Waals surface area contributed by atoms with Crippen LogP contribution in [0.25, 0.3) is 0 Å². The van der Waals surface area contributed by atoms with E-state index in [0.29, 0.717) is 0 Å². The number of piperidine rings is 1. The standard InChI is InChI=1S/C8H18N2O/c1-10(2)7-8(11)4-3-5-9-6-8/h9,11H,3-7H2,1-2H3/t8-/m0/s1. The summed E-state index contributed by atoms with van der Waals surface area (Å²) in [6.45, 7) is 2.56. The molecule has 3 heteroatoms. The van der Waals surface area contributed by atoms with Gasteiger partial charge in [-0.15, -0.1) is 0 Å². The first-order valence-corrected chi connectivity index (χ1v) is 4.20. The summed E-state index contributed by atoms with van der Waals surface area (Å²) in [5, 5.41) is 13.1. The lowest BCUT2D eigenvalue weighted by molar-refractivity contribution is -0.00457. The van der Waals surface area contributed by atoms with Gasteiger partial charge in [-0.05, 0) is 33.5 Å². The van der Waals surface area contributed by atoms with Gasteiger partial charge in [0.05, 0.1) is 5.60 Å². The van der Waals surface area contributed by atoms with Crippen LogP contribution in [0.1, 0.15) is 12.8 Å². The molecule has 1 atom stereocenters. The third-order valence-electron chi connectivity index (χ3n) is 2.06. The van der Waals surface area contributed by atoms with Crippen LogP contribution >= 0.6 is 0 Å². The molecule has 1 rings (SSSR count). The number of aliphatic hydroxyl groups is 1. The summed E-state index contributed by atoms with van der Waals surface area (Å²) in [4.78, 5) is 2.03. The van der Waals surface area contributed by atoms with Crippen molar-refractivity contribution in [1.82, 2.24) is 10.2 Å². The molecular formula is C8H18N2O. The second-order valence-corrected chi connectivity index (χ2v) is 3.74. The zero-order valence-corrected chi connectivity index (χ0v) is 7.43. The van der Waals surface area contributed by atoms with E-state index in [0.717, 1.165) is 32.5 Å². The highest BCUT2D eigenvalue weighted by atomic mass is 16.3. The van der Waals surface area contributed by atoms with Gasteiger partial charge < -0.3 is 15.3 Å². The van der Waals surface area contributed by atoms with Crippen molar-refractivity contribution in [1.29, 1.82) is 0 Å². The molecule has 0 unspecified atom stereocenters. The Labute approximate surface area is 68.4 Å². The molecule has 1 aliphatic heterocycles. The highest BCUT2D eigenvalue weighted by Gasteiger charge is 2.29. The highest BCUT2D eigenvalue weighted by molar-refractivity contribution is 4.86. The van der Waals surface area contributed by atoms with Gasteiger partial charge >= 0.3 is 0 Å². The average molecular weight is 158 g/mol. The molecule has 0 bridgehead atoms. The van der Waals surface area contributed by atoms with Gasteiger partial charge in [-0.25, -0.2) is 0 Å². The summed E-state index contributed by atoms with van der Waals surface area (Å²) in [6, 6.07) is 0. The maximum Gasteiger partial charge on any atom is 0.0897 e. The third kappa shape index (κ3) is 2.77. The van der Waals surface area contributed by atoms with Crippen molar-refractivity contribution < 1.29 is 5.11 Å². The fourth-order valence-electron chi connectivity index (χ4n) is 1.68. The zero-order valence-electron chi connectivity index (χ0n) is 7.43. The van der Waals surface area contributed by atoms with Crippen molar-refractivity contribution >= 4 is 0 Å². The maximum absolute atomic E-state index is 9.94. The van der Waals surface area contributed by atoms with E-state index in [-0.39, 0.29) is 0 Å². The number of nitrogens with zero attached hydrogens (tertiary/aromatic N) is 1. The SMILES string of the molecule is CN(C)C[C@]1(O)CCCNC1. The predicted octanol–water partition coefficient (Wildman–Crippen LogP) is -0.338. The molecule has 3 nitrogen and oxygen atoms in total. The fourth-order valence-corrected chi connectivity index (χ4v) is 1.68. The summed E-state index contributed by atoms with van der Waals surface area (Å²) in [5.74, 6) is 0. The Balaban J connectivity index is 2.37. The van der Waals surface area contributed by atoms with Crippen LogP contribution in [-0.2, 0) is 0 Å². The van der Waals surface area contributed by atoms with E-state index in [1.54, 1.807) is 0 Å². The van der Waals surface area contributed by atoms with Gasteiger partial charge in [0.2, 0.25) is 0 Å². The van der Waals surface area contributed by atoms with Crippen LogP contribution in [0.5, 0.6) is 0 Å². The van der Waals surface area contributed by atoms with E-state index in [1.165, 1.54) is 0 Å². The van der Waals surface area contributed by atoms with Gasteiger partial charge in [-0.2, -0.15) is 0 Å². The molecule has 1 aliphatic rings. The van der Waals surface area contributed by atoms with Crippen molar-refractivity contribution in [2.24, 2.45) is 0 Å². The van der Waals surface area contributed by atoms with E-state index < -0.39 is 5.60 Å². The minimum atomic E-state index is -0.484. The lowest BCUT2D eigenvalue weighted by Gasteiger charge is -2.34. The van der Waals surface area contributed by atoms with E-state index in [4.69, 9.17) is 0 Å². The van der Waals surface area contributed by atoms with Crippen molar-refractivity contribution in [3.8, 4) is 0 Å². The average Bonchev–Trinajstić information content (AvgIpc) is 1.85.